The second-order valence-electron chi connectivity index (χ2n) is 6.91. The Morgan fingerprint density at radius 2 is 1.77 bits per heavy atom. The van der Waals surface area contributed by atoms with Gasteiger partial charge in [0.15, 0.2) is 10.1 Å². The number of anilines is 1. The molecule has 156 valence electrons. The zero-order valence-corrected chi connectivity index (χ0v) is 18.1. The topological polar surface area (TPSA) is 59.1 Å². The molecule has 3 aromatic carbocycles. The van der Waals surface area contributed by atoms with Crippen LogP contribution in [-0.4, -0.2) is 22.4 Å². The molecule has 0 unspecified atom stereocenters. The summed E-state index contributed by atoms with van der Waals surface area (Å²) >= 11 is 2.83. The maximum absolute atomic E-state index is 13.0. The number of thiazole rings is 1. The summed E-state index contributed by atoms with van der Waals surface area (Å²) in [7, 11) is 0. The van der Waals surface area contributed by atoms with Crippen LogP contribution in [0.1, 0.15) is 22.3 Å². The van der Waals surface area contributed by atoms with Crippen LogP contribution >= 0.6 is 23.1 Å². The Bertz CT molecular complexity index is 1210. The molecule has 0 atom stereocenters. The minimum atomic E-state index is -0.363. The SMILES string of the molecule is O=C(CCc1ccccc1)Nc1ccc2nc(SCC(=O)c3ccc(F)cc3)sc2c1. The van der Waals surface area contributed by atoms with Crippen LogP contribution in [-0.2, 0) is 11.2 Å². The number of nitrogens with one attached hydrogen (secondary N) is 1. The fraction of sp³-hybridized carbons (Fsp3) is 0.125. The third kappa shape index (κ3) is 5.77. The lowest BCUT2D eigenvalue weighted by molar-refractivity contribution is -0.116. The van der Waals surface area contributed by atoms with Gasteiger partial charge in [-0.05, 0) is 54.4 Å². The molecule has 0 fully saturated rings. The van der Waals surface area contributed by atoms with Gasteiger partial charge in [0.2, 0.25) is 5.91 Å². The number of carbonyl (C=O) groups excluding carboxylic acids is 2. The lowest BCUT2D eigenvalue weighted by Crippen LogP contribution is -2.12. The first-order chi connectivity index (χ1) is 15.1. The number of nitrogens with zero attached hydrogens (tertiary/aromatic N) is 1. The highest BCUT2D eigenvalue weighted by Crippen LogP contribution is 2.31. The van der Waals surface area contributed by atoms with Crippen LogP contribution in [0.2, 0.25) is 0 Å². The van der Waals surface area contributed by atoms with Crippen molar-refractivity contribution in [3.63, 3.8) is 0 Å². The molecule has 0 saturated heterocycles. The number of ketones is 1. The number of carbonyl (C=O) groups is 2. The summed E-state index contributed by atoms with van der Waals surface area (Å²) in [5.41, 5.74) is 3.17. The van der Waals surface area contributed by atoms with Gasteiger partial charge in [-0.15, -0.1) is 11.3 Å². The van der Waals surface area contributed by atoms with Crippen LogP contribution in [0.25, 0.3) is 10.2 Å². The molecule has 4 rings (SSSR count). The van der Waals surface area contributed by atoms with Gasteiger partial charge in [-0.25, -0.2) is 9.37 Å². The monoisotopic (exact) mass is 450 g/mol. The van der Waals surface area contributed by atoms with Crippen LogP contribution in [0.5, 0.6) is 0 Å². The van der Waals surface area contributed by atoms with Crippen molar-refractivity contribution < 1.29 is 14.0 Å². The van der Waals surface area contributed by atoms with Crippen molar-refractivity contribution in [2.24, 2.45) is 0 Å². The molecule has 0 aliphatic rings. The van der Waals surface area contributed by atoms with Gasteiger partial charge in [0.25, 0.3) is 0 Å². The molecule has 0 aliphatic carbocycles. The number of hydrogen-bond donors (Lipinski definition) is 1. The van der Waals surface area contributed by atoms with Crippen LogP contribution in [0.15, 0.2) is 77.1 Å². The highest BCUT2D eigenvalue weighted by molar-refractivity contribution is 8.01. The number of Topliss-reactive ketones (excluding diaryl/α,β-unsaturated/α-hetero) is 1. The fourth-order valence-electron chi connectivity index (χ4n) is 3.02. The van der Waals surface area contributed by atoms with E-state index >= 15 is 0 Å². The second kappa shape index (κ2) is 9.85. The van der Waals surface area contributed by atoms with Gasteiger partial charge in [-0.2, -0.15) is 0 Å². The molecule has 1 N–H and O–H groups in total. The van der Waals surface area contributed by atoms with E-state index in [9.17, 15) is 14.0 Å². The first-order valence-electron chi connectivity index (χ1n) is 9.73. The first-order valence-corrected chi connectivity index (χ1v) is 11.5. The Kier molecular flexibility index (Phi) is 6.74. The number of halogens is 1. The summed E-state index contributed by atoms with van der Waals surface area (Å²) in [6.07, 6.45) is 1.11. The molecule has 4 aromatic rings. The van der Waals surface area contributed by atoms with E-state index in [1.807, 2.05) is 48.5 Å². The molecule has 1 heterocycles. The zero-order chi connectivity index (χ0) is 21.6. The minimum absolute atomic E-state index is 0.0350. The number of thioether (sulfide) groups is 1. The lowest BCUT2D eigenvalue weighted by Gasteiger charge is -2.05. The van der Waals surface area contributed by atoms with Gasteiger partial charge in [-0.1, -0.05) is 42.1 Å². The van der Waals surface area contributed by atoms with E-state index in [0.29, 0.717) is 18.4 Å². The molecule has 1 aromatic heterocycles. The van der Waals surface area contributed by atoms with E-state index in [1.165, 1.54) is 47.4 Å². The average molecular weight is 451 g/mol. The third-order valence-electron chi connectivity index (χ3n) is 4.63. The normalized spacial score (nSPS) is 10.9. The van der Waals surface area contributed by atoms with Crippen molar-refractivity contribution in [2.75, 3.05) is 11.1 Å². The molecular weight excluding hydrogens is 431 g/mol. The number of benzene rings is 3. The van der Waals surface area contributed by atoms with Gasteiger partial charge >= 0.3 is 0 Å². The summed E-state index contributed by atoms with van der Waals surface area (Å²) < 4.78 is 14.7. The lowest BCUT2D eigenvalue weighted by atomic mass is 10.1. The van der Waals surface area contributed by atoms with Gasteiger partial charge < -0.3 is 5.32 Å². The second-order valence-corrected chi connectivity index (χ2v) is 9.17. The molecule has 0 aliphatic heterocycles. The van der Waals surface area contributed by atoms with E-state index in [2.05, 4.69) is 10.3 Å². The van der Waals surface area contributed by atoms with E-state index in [1.54, 1.807) is 0 Å². The molecule has 0 bridgehead atoms. The van der Waals surface area contributed by atoms with Gasteiger partial charge in [0, 0.05) is 17.7 Å². The molecule has 0 spiro atoms. The molecule has 7 heteroatoms. The molecule has 0 saturated carbocycles. The summed E-state index contributed by atoms with van der Waals surface area (Å²) in [6, 6.07) is 21.1. The summed E-state index contributed by atoms with van der Waals surface area (Å²) in [5.74, 6) is -0.240. The third-order valence-corrected chi connectivity index (χ3v) is 6.79. The Morgan fingerprint density at radius 3 is 2.55 bits per heavy atom. The molecule has 0 radical (unpaired) electrons. The quantitative estimate of drug-likeness (QED) is 0.265. The average Bonchev–Trinajstić information content (AvgIpc) is 3.19. The highest BCUT2D eigenvalue weighted by Gasteiger charge is 2.11. The van der Waals surface area contributed by atoms with E-state index in [0.717, 1.165) is 25.8 Å². The summed E-state index contributed by atoms with van der Waals surface area (Å²) in [4.78, 5) is 29.1. The van der Waals surface area contributed by atoms with E-state index < -0.39 is 0 Å². The number of aromatic nitrogens is 1. The number of aryl methyl sites for hydroxylation is 1. The van der Waals surface area contributed by atoms with Crippen LogP contribution in [0.3, 0.4) is 0 Å². The van der Waals surface area contributed by atoms with Gasteiger partial charge in [-0.3, -0.25) is 9.59 Å². The predicted molar refractivity (Wildman–Crippen MR) is 124 cm³/mol. The van der Waals surface area contributed by atoms with E-state index in [4.69, 9.17) is 0 Å². The number of rotatable bonds is 8. The van der Waals surface area contributed by atoms with E-state index in [-0.39, 0.29) is 23.3 Å². The number of amides is 1. The Hall–Kier alpha value is -3.03. The zero-order valence-electron chi connectivity index (χ0n) is 16.5. The molecule has 1 amide bonds. The summed E-state index contributed by atoms with van der Waals surface area (Å²) in [5, 5.41) is 2.94. The Balaban J connectivity index is 1.34. The smallest absolute Gasteiger partial charge is 0.224 e. The standard InChI is InChI=1S/C24H19FN2O2S2/c25-18-9-7-17(8-10-18)21(28)15-30-24-27-20-12-11-19(14-22(20)31-24)26-23(29)13-6-16-4-2-1-3-5-16/h1-5,7-12,14H,6,13,15H2,(H,26,29). The van der Waals surface area contributed by atoms with Crippen LogP contribution in [0, 0.1) is 5.82 Å². The van der Waals surface area contributed by atoms with Crippen molar-refractivity contribution in [1.82, 2.24) is 4.98 Å². The van der Waals surface area contributed by atoms with Crippen LogP contribution in [0.4, 0.5) is 10.1 Å². The van der Waals surface area contributed by atoms with Crippen molar-refractivity contribution in [1.29, 1.82) is 0 Å². The maximum Gasteiger partial charge on any atom is 0.224 e. The molecule has 4 nitrogen and oxygen atoms in total. The molecular formula is C24H19FN2O2S2. The van der Waals surface area contributed by atoms with Crippen LogP contribution < -0.4 is 5.32 Å². The fourth-order valence-corrected chi connectivity index (χ4v) is 5.02. The minimum Gasteiger partial charge on any atom is -0.326 e. The highest BCUT2D eigenvalue weighted by atomic mass is 32.2. The Labute approximate surface area is 187 Å². The van der Waals surface area contributed by atoms with Crippen molar-refractivity contribution in [2.45, 2.75) is 17.2 Å². The Morgan fingerprint density at radius 1 is 1.00 bits per heavy atom. The number of fused-ring (bicyclic) bond motifs is 1. The van der Waals surface area contributed by atoms with Gasteiger partial charge in [0.05, 0.1) is 16.0 Å². The predicted octanol–water partition coefficient (Wildman–Crippen LogP) is 5.98. The van der Waals surface area contributed by atoms with Crippen molar-refractivity contribution >= 4 is 50.7 Å². The van der Waals surface area contributed by atoms with Gasteiger partial charge in [0.1, 0.15) is 5.82 Å². The van der Waals surface area contributed by atoms with Crippen molar-refractivity contribution in [3.8, 4) is 0 Å². The maximum atomic E-state index is 13.0. The largest absolute Gasteiger partial charge is 0.326 e. The summed E-state index contributed by atoms with van der Waals surface area (Å²) in [6.45, 7) is 0. The molecule has 31 heavy (non-hydrogen) atoms. The number of hydrogen-bond acceptors (Lipinski definition) is 5. The first kappa shape index (κ1) is 21.2. The van der Waals surface area contributed by atoms with Crippen molar-refractivity contribution in [3.05, 3.63) is 89.7 Å².